The Labute approximate surface area is 146 Å². The average Bonchev–Trinajstić information content (AvgIpc) is 2.59. The number of nitrogens with one attached hydrogen (secondary N) is 1. The largest absolute Gasteiger partial charge is 0.384 e. The van der Waals surface area contributed by atoms with Crippen molar-refractivity contribution < 1.29 is 4.92 Å². The van der Waals surface area contributed by atoms with Crippen molar-refractivity contribution in [3.05, 3.63) is 52.6 Å². The minimum atomic E-state index is -0.384. The van der Waals surface area contributed by atoms with Crippen LogP contribution in [0.5, 0.6) is 0 Å². The Morgan fingerprint density at radius 1 is 1.08 bits per heavy atom. The molecule has 25 heavy (non-hydrogen) atoms. The van der Waals surface area contributed by atoms with Crippen molar-refractivity contribution in [3.8, 4) is 0 Å². The molecule has 130 valence electrons. The highest BCUT2D eigenvalue weighted by Crippen LogP contribution is 2.32. The van der Waals surface area contributed by atoms with Gasteiger partial charge in [-0.1, -0.05) is 18.2 Å². The molecule has 0 saturated heterocycles. The lowest BCUT2D eigenvalue weighted by Crippen LogP contribution is -2.14. The van der Waals surface area contributed by atoms with E-state index in [1.807, 2.05) is 24.3 Å². The summed E-state index contributed by atoms with van der Waals surface area (Å²) in [5, 5.41) is 16.5. The van der Waals surface area contributed by atoms with Crippen LogP contribution >= 0.6 is 0 Å². The Hall–Kier alpha value is -2.73. The van der Waals surface area contributed by atoms with Crippen LogP contribution in [0.2, 0.25) is 0 Å². The van der Waals surface area contributed by atoms with Gasteiger partial charge in [0, 0.05) is 29.4 Å². The number of nitro benzene ring substituents is 1. The molecule has 0 spiro atoms. The topological polar surface area (TPSA) is 71.3 Å². The van der Waals surface area contributed by atoms with E-state index in [4.69, 9.17) is 0 Å². The molecule has 1 heterocycles. The van der Waals surface area contributed by atoms with Crippen LogP contribution in [0, 0.1) is 10.1 Å². The van der Waals surface area contributed by atoms with Gasteiger partial charge in [-0.3, -0.25) is 10.1 Å². The van der Waals surface area contributed by atoms with E-state index in [0.29, 0.717) is 5.52 Å². The molecule has 0 bridgehead atoms. The first-order chi connectivity index (χ1) is 12.1. The maximum Gasteiger partial charge on any atom is 0.271 e. The van der Waals surface area contributed by atoms with E-state index in [0.717, 1.165) is 47.9 Å². The SMILES string of the molecule is CN(C)CCCCNc1c2ccccc2nc2cc([N+](=O)[O-])ccc12. The zero-order chi connectivity index (χ0) is 17.8. The quantitative estimate of drug-likeness (QED) is 0.304. The number of hydrogen-bond acceptors (Lipinski definition) is 5. The first kappa shape index (κ1) is 17.1. The van der Waals surface area contributed by atoms with Gasteiger partial charge in [0.25, 0.3) is 5.69 Å². The van der Waals surface area contributed by atoms with Gasteiger partial charge in [0.05, 0.1) is 21.6 Å². The lowest BCUT2D eigenvalue weighted by Gasteiger charge is -2.14. The number of benzene rings is 2. The Bertz CT molecular complexity index is 908. The minimum Gasteiger partial charge on any atom is -0.384 e. The normalized spacial score (nSPS) is 11.3. The van der Waals surface area contributed by atoms with Gasteiger partial charge < -0.3 is 10.2 Å². The van der Waals surface area contributed by atoms with Gasteiger partial charge in [-0.15, -0.1) is 0 Å². The molecule has 0 unspecified atom stereocenters. The maximum absolute atomic E-state index is 11.1. The number of pyridine rings is 1. The highest BCUT2D eigenvalue weighted by atomic mass is 16.6. The molecular weight excluding hydrogens is 316 g/mol. The van der Waals surface area contributed by atoms with Gasteiger partial charge in [0.2, 0.25) is 0 Å². The second kappa shape index (κ2) is 7.44. The summed E-state index contributed by atoms with van der Waals surface area (Å²) in [5.74, 6) is 0. The summed E-state index contributed by atoms with van der Waals surface area (Å²) in [6.07, 6.45) is 2.18. The van der Waals surface area contributed by atoms with E-state index in [9.17, 15) is 10.1 Å². The molecule has 0 aliphatic carbocycles. The average molecular weight is 338 g/mol. The molecule has 0 fully saturated rings. The molecule has 0 saturated carbocycles. The molecule has 0 aliphatic heterocycles. The smallest absolute Gasteiger partial charge is 0.271 e. The van der Waals surface area contributed by atoms with Gasteiger partial charge in [-0.25, -0.2) is 4.98 Å². The number of unbranched alkanes of at least 4 members (excludes halogenated alkanes) is 1. The van der Waals surface area contributed by atoms with Crippen LogP contribution in [0.15, 0.2) is 42.5 Å². The predicted molar refractivity (Wildman–Crippen MR) is 102 cm³/mol. The van der Waals surface area contributed by atoms with Gasteiger partial charge in [-0.2, -0.15) is 0 Å². The molecule has 3 rings (SSSR count). The number of hydrogen-bond donors (Lipinski definition) is 1. The summed E-state index contributed by atoms with van der Waals surface area (Å²) >= 11 is 0. The summed E-state index contributed by atoms with van der Waals surface area (Å²) < 4.78 is 0. The van der Waals surface area contributed by atoms with Gasteiger partial charge in [0.1, 0.15) is 0 Å². The van der Waals surface area contributed by atoms with Gasteiger partial charge in [0.15, 0.2) is 0 Å². The third kappa shape index (κ3) is 3.85. The van der Waals surface area contributed by atoms with Crippen molar-refractivity contribution in [1.29, 1.82) is 0 Å². The first-order valence-electron chi connectivity index (χ1n) is 8.42. The third-order valence-electron chi connectivity index (χ3n) is 4.21. The van der Waals surface area contributed by atoms with Crippen molar-refractivity contribution in [3.63, 3.8) is 0 Å². The fourth-order valence-electron chi connectivity index (χ4n) is 2.95. The number of aromatic nitrogens is 1. The minimum absolute atomic E-state index is 0.0622. The number of anilines is 1. The van der Waals surface area contributed by atoms with Crippen LogP contribution in [0.1, 0.15) is 12.8 Å². The van der Waals surface area contributed by atoms with E-state index < -0.39 is 0 Å². The molecule has 0 radical (unpaired) electrons. The summed E-state index contributed by atoms with van der Waals surface area (Å²) in [6.45, 7) is 1.92. The summed E-state index contributed by atoms with van der Waals surface area (Å²) in [4.78, 5) is 17.4. The highest BCUT2D eigenvalue weighted by Gasteiger charge is 2.12. The lowest BCUT2D eigenvalue weighted by molar-refractivity contribution is -0.384. The fraction of sp³-hybridized carbons (Fsp3) is 0.316. The van der Waals surface area contributed by atoms with Crippen LogP contribution < -0.4 is 5.32 Å². The Morgan fingerprint density at radius 2 is 1.84 bits per heavy atom. The molecule has 0 atom stereocenters. The number of non-ortho nitro benzene ring substituents is 1. The van der Waals surface area contributed by atoms with E-state index in [1.54, 1.807) is 12.1 Å². The molecule has 0 aliphatic rings. The molecule has 1 N–H and O–H groups in total. The Morgan fingerprint density at radius 3 is 2.60 bits per heavy atom. The summed E-state index contributed by atoms with van der Waals surface area (Å²) in [7, 11) is 4.15. The van der Waals surface area contributed by atoms with E-state index in [1.165, 1.54) is 6.07 Å². The van der Waals surface area contributed by atoms with Gasteiger partial charge in [-0.05, 0) is 45.6 Å². The van der Waals surface area contributed by atoms with Crippen LogP contribution in [0.3, 0.4) is 0 Å². The van der Waals surface area contributed by atoms with Crippen molar-refractivity contribution in [1.82, 2.24) is 9.88 Å². The number of nitrogens with zero attached hydrogens (tertiary/aromatic N) is 3. The second-order valence-electron chi connectivity index (χ2n) is 6.40. The third-order valence-corrected chi connectivity index (χ3v) is 4.21. The fourth-order valence-corrected chi connectivity index (χ4v) is 2.95. The Balaban J connectivity index is 1.96. The van der Waals surface area contributed by atoms with E-state index in [-0.39, 0.29) is 10.6 Å². The van der Waals surface area contributed by atoms with Crippen molar-refractivity contribution in [2.45, 2.75) is 12.8 Å². The molecular formula is C19H22N4O2. The lowest BCUT2D eigenvalue weighted by atomic mass is 10.1. The predicted octanol–water partition coefficient (Wildman–Crippen LogP) is 4.05. The van der Waals surface area contributed by atoms with Crippen molar-refractivity contribution in [2.24, 2.45) is 0 Å². The highest BCUT2D eigenvalue weighted by molar-refractivity contribution is 6.07. The molecule has 6 heteroatoms. The van der Waals surface area contributed by atoms with Crippen LogP contribution in [-0.4, -0.2) is 42.0 Å². The zero-order valence-electron chi connectivity index (χ0n) is 14.5. The van der Waals surface area contributed by atoms with E-state index in [2.05, 4.69) is 29.3 Å². The monoisotopic (exact) mass is 338 g/mol. The number of fused-ring (bicyclic) bond motifs is 2. The number of nitro groups is 1. The number of para-hydroxylation sites is 1. The second-order valence-corrected chi connectivity index (χ2v) is 6.40. The summed E-state index contributed by atoms with van der Waals surface area (Å²) in [6, 6.07) is 12.7. The molecule has 2 aromatic carbocycles. The zero-order valence-corrected chi connectivity index (χ0v) is 14.5. The van der Waals surface area contributed by atoms with Crippen LogP contribution in [0.4, 0.5) is 11.4 Å². The van der Waals surface area contributed by atoms with Crippen molar-refractivity contribution >= 4 is 33.2 Å². The van der Waals surface area contributed by atoms with E-state index >= 15 is 0 Å². The van der Waals surface area contributed by atoms with Crippen molar-refractivity contribution in [2.75, 3.05) is 32.5 Å². The standard InChI is InChI=1S/C19H22N4O2/c1-22(2)12-6-5-11-20-19-15-7-3-4-8-17(15)21-18-13-14(23(24)25)9-10-16(18)19/h3-4,7-10,13H,5-6,11-12H2,1-2H3,(H,20,21). The molecule has 0 amide bonds. The molecule has 1 aromatic heterocycles. The first-order valence-corrected chi connectivity index (χ1v) is 8.42. The number of rotatable bonds is 7. The van der Waals surface area contributed by atoms with Crippen LogP contribution in [-0.2, 0) is 0 Å². The van der Waals surface area contributed by atoms with Gasteiger partial charge >= 0.3 is 0 Å². The summed E-state index contributed by atoms with van der Waals surface area (Å²) in [5.41, 5.74) is 2.54. The maximum atomic E-state index is 11.1. The Kier molecular flexibility index (Phi) is 5.09. The van der Waals surface area contributed by atoms with Crippen LogP contribution in [0.25, 0.3) is 21.8 Å². The molecule has 3 aromatic rings. The molecule has 6 nitrogen and oxygen atoms in total.